The highest BCUT2D eigenvalue weighted by Crippen LogP contribution is 2.67. The summed E-state index contributed by atoms with van der Waals surface area (Å²) in [4.78, 5) is 48.3. The van der Waals surface area contributed by atoms with Gasteiger partial charge < -0.3 is 28.4 Å². The second-order valence-electron chi connectivity index (χ2n) is 17.6. The lowest BCUT2D eigenvalue weighted by Gasteiger charge is -2.58. The molecule has 0 amide bonds. The molecule has 1 saturated heterocycles. The summed E-state index contributed by atoms with van der Waals surface area (Å²) < 4.78 is 34.9. The smallest absolute Gasteiger partial charge is 0.303 e. The number of hydrogen-bond donors (Lipinski definition) is 0. The van der Waals surface area contributed by atoms with Gasteiger partial charge in [-0.05, 0) is 110 Å². The van der Waals surface area contributed by atoms with Gasteiger partial charge in [-0.2, -0.15) is 0 Å². The maximum atomic E-state index is 12.3. The van der Waals surface area contributed by atoms with Crippen LogP contribution in [0.15, 0.2) is 23.8 Å². The van der Waals surface area contributed by atoms with Gasteiger partial charge in [0.25, 0.3) is 0 Å². The van der Waals surface area contributed by atoms with Crippen LogP contribution in [0.3, 0.4) is 0 Å². The lowest BCUT2D eigenvalue weighted by molar-refractivity contribution is -0.218. The van der Waals surface area contributed by atoms with Crippen molar-refractivity contribution in [3.63, 3.8) is 0 Å². The molecular weight excluding hydrogens is 676 g/mol. The van der Waals surface area contributed by atoms with Crippen LogP contribution in [-0.4, -0.2) is 67.3 Å². The number of hydrogen-bond acceptors (Lipinski definition) is 10. The zero-order chi connectivity index (χ0) is 38.8. The van der Waals surface area contributed by atoms with Crippen molar-refractivity contribution in [2.75, 3.05) is 6.61 Å². The summed E-state index contributed by atoms with van der Waals surface area (Å²) in [6.45, 7) is 19.1. The van der Waals surface area contributed by atoms with Crippen molar-refractivity contribution >= 4 is 23.9 Å². The van der Waals surface area contributed by atoms with Crippen molar-refractivity contribution in [2.24, 2.45) is 52.3 Å². The zero-order valence-corrected chi connectivity index (χ0v) is 33.9. The lowest BCUT2D eigenvalue weighted by atomic mass is 9.47. The highest BCUT2D eigenvalue weighted by atomic mass is 16.7. The quantitative estimate of drug-likeness (QED) is 0.105. The van der Waals surface area contributed by atoms with Gasteiger partial charge in [0.05, 0.1) is 6.10 Å². The van der Waals surface area contributed by atoms with E-state index in [1.54, 1.807) is 0 Å². The topological polar surface area (TPSA) is 124 Å². The number of esters is 4. The molecule has 0 bridgehead atoms. The second kappa shape index (κ2) is 17.0. The van der Waals surface area contributed by atoms with E-state index in [1.807, 2.05) is 0 Å². The van der Waals surface area contributed by atoms with Crippen molar-refractivity contribution in [2.45, 2.75) is 164 Å². The van der Waals surface area contributed by atoms with E-state index in [1.165, 1.54) is 65.4 Å². The van der Waals surface area contributed by atoms with Crippen LogP contribution in [0, 0.1) is 52.3 Å². The fourth-order valence-corrected chi connectivity index (χ4v) is 11.4. The Hall–Kier alpha value is -2.72. The third-order valence-corrected chi connectivity index (χ3v) is 14.0. The van der Waals surface area contributed by atoms with Crippen LogP contribution in [0.4, 0.5) is 0 Å². The third kappa shape index (κ3) is 8.90. The first-order chi connectivity index (χ1) is 25.0. The summed E-state index contributed by atoms with van der Waals surface area (Å²) in [6.07, 6.45) is 11.7. The SMILES string of the molecule is CC[C@@H](/C=C/[C@@H](C)[C@H]1CC[C@H]2[C@@H]3CC=C4CC(OC5OC(C(COC(C)=O)OC(C)=O)C(OC(C)=O)C5OC(C)=O)CC[C@]4(C)[C@H]3CC[C@]12C)C(C)C. The van der Waals surface area contributed by atoms with Crippen LogP contribution >= 0.6 is 0 Å². The molecule has 6 unspecified atom stereocenters. The van der Waals surface area contributed by atoms with Crippen LogP contribution < -0.4 is 0 Å². The van der Waals surface area contributed by atoms with Crippen LogP contribution in [0.25, 0.3) is 0 Å². The molecule has 4 fully saturated rings. The van der Waals surface area contributed by atoms with E-state index in [4.69, 9.17) is 28.4 Å². The van der Waals surface area contributed by atoms with Gasteiger partial charge in [0.1, 0.15) is 12.7 Å². The summed E-state index contributed by atoms with van der Waals surface area (Å²) in [5.41, 5.74) is 1.90. The standard InChI is InChI=1S/C43H66O10/c1-11-30(24(2)3)13-12-25(4)34-16-17-35-33-15-14-31-22-32(18-20-42(31,9)36(33)19-21-43(34,35)10)52-41-40(51-29(8)47)39(50-28(7)46)38(53-41)37(49-27(6)45)23-48-26(5)44/h12-14,24-25,30,32-41H,11,15-23H2,1-10H3/b13-12+/t25-,30+,32?,33+,34-,35+,36+,37?,38?,39?,40?,41?,42+,43-/m1/s1. The summed E-state index contributed by atoms with van der Waals surface area (Å²) in [5, 5.41) is 0. The number of fused-ring (bicyclic) bond motifs is 5. The fourth-order valence-electron chi connectivity index (χ4n) is 11.4. The minimum atomic E-state index is -1.15. The molecule has 0 radical (unpaired) electrons. The van der Waals surface area contributed by atoms with E-state index >= 15 is 0 Å². The molecule has 53 heavy (non-hydrogen) atoms. The van der Waals surface area contributed by atoms with Gasteiger partial charge in [-0.3, -0.25) is 19.2 Å². The first-order valence-electron chi connectivity index (χ1n) is 20.3. The fraction of sp³-hybridized carbons (Fsp3) is 0.814. The molecule has 0 aromatic heterocycles. The largest absolute Gasteiger partial charge is 0.462 e. The monoisotopic (exact) mass is 742 g/mol. The summed E-state index contributed by atoms with van der Waals surface area (Å²) in [5.74, 6) is 2.24. The van der Waals surface area contributed by atoms with E-state index < -0.39 is 54.6 Å². The minimum Gasteiger partial charge on any atom is -0.462 e. The van der Waals surface area contributed by atoms with Crippen LogP contribution in [0.1, 0.15) is 127 Å². The molecule has 0 N–H and O–H groups in total. The Bertz CT molecular complexity index is 1400. The van der Waals surface area contributed by atoms with E-state index in [0.717, 1.165) is 37.5 Å². The predicted molar refractivity (Wildman–Crippen MR) is 199 cm³/mol. The van der Waals surface area contributed by atoms with Gasteiger partial charge in [0, 0.05) is 27.7 Å². The van der Waals surface area contributed by atoms with Gasteiger partial charge in [0.15, 0.2) is 24.6 Å². The van der Waals surface area contributed by atoms with Gasteiger partial charge in [-0.1, -0.05) is 65.3 Å². The summed E-state index contributed by atoms with van der Waals surface area (Å²) >= 11 is 0. The summed E-state index contributed by atoms with van der Waals surface area (Å²) in [7, 11) is 0. The normalized spacial score (nSPS) is 38.2. The molecule has 298 valence electrons. The highest BCUT2D eigenvalue weighted by Gasteiger charge is 2.60. The first kappa shape index (κ1) is 41.4. The molecule has 10 nitrogen and oxygen atoms in total. The number of rotatable bonds is 13. The van der Waals surface area contributed by atoms with E-state index in [2.05, 4.69) is 59.8 Å². The molecule has 1 heterocycles. The molecule has 5 rings (SSSR count). The maximum Gasteiger partial charge on any atom is 0.303 e. The van der Waals surface area contributed by atoms with Crippen molar-refractivity contribution in [1.29, 1.82) is 0 Å². The van der Waals surface area contributed by atoms with Crippen molar-refractivity contribution in [3.8, 4) is 0 Å². The van der Waals surface area contributed by atoms with Crippen LogP contribution in [0.5, 0.6) is 0 Å². The highest BCUT2D eigenvalue weighted by molar-refractivity contribution is 5.68. The molecule has 3 saturated carbocycles. The predicted octanol–water partition coefficient (Wildman–Crippen LogP) is 7.91. The molecule has 14 atom stereocenters. The molecule has 4 aliphatic carbocycles. The number of carbonyl (C=O) groups excluding carboxylic acids is 4. The Morgan fingerprint density at radius 1 is 0.868 bits per heavy atom. The average Bonchev–Trinajstić information content (AvgIpc) is 3.59. The van der Waals surface area contributed by atoms with Crippen molar-refractivity contribution in [3.05, 3.63) is 23.8 Å². The Labute approximate surface area is 317 Å². The van der Waals surface area contributed by atoms with Crippen molar-refractivity contribution < 1.29 is 47.6 Å². The van der Waals surface area contributed by atoms with Crippen LogP contribution in [0.2, 0.25) is 0 Å². The number of carbonyl (C=O) groups is 4. The second-order valence-corrected chi connectivity index (χ2v) is 17.6. The Balaban J connectivity index is 1.31. The minimum absolute atomic E-state index is 0.0956. The average molecular weight is 743 g/mol. The number of allylic oxidation sites excluding steroid dienone is 3. The van der Waals surface area contributed by atoms with Crippen molar-refractivity contribution in [1.82, 2.24) is 0 Å². The van der Waals surface area contributed by atoms with Gasteiger partial charge in [-0.25, -0.2) is 0 Å². The Kier molecular flexibility index (Phi) is 13.3. The van der Waals surface area contributed by atoms with E-state index in [0.29, 0.717) is 35.0 Å². The maximum absolute atomic E-state index is 12.3. The lowest BCUT2D eigenvalue weighted by Crippen LogP contribution is -2.51. The zero-order valence-electron chi connectivity index (χ0n) is 33.9. The number of ether oxygens (including phenoxy) is 6. The molecule has 5 aliphatic rings. The first-order valence-corrected chi connectivity index (χ1v) is 20.3. The van der Waals surface area contributed by atoms with Gasteiger partial charge in [0.2, 0.25) is 0 Å². The molecule has 1 aliphatic heterocycles. The van der Waals surface area contributed by atoms with E-state index in [-0.39, 0.29) is 18.1 Å². The third-order valence-electron chi connectivity index (χ3n) is 14.0. The molecule has 0 aromatic carbocycles. The Morgan fingerprint density at radius 2 is 1.57 bits per heavy atom. The Morgan fingerprint density at radius 3 is 2.19 bits per heavy atom. The van der Waals surface area contributed by atoms with Gasteiger partial charge in [-0.15, -0.1) is 0 Å². The van der Waals surface area contributed by atoms with E-state index in [9.17, 15) is 19.2 Å². The molecule has 10 heteroatoms. The summed E-state index contributed by atoms with van der Waals surface area (Å²) in [6, 6.07) is 0. The molecule has 0 aromatic rings. The molecular formula is C43H66O10. The molecule has 0 spiro atoms. The van der Waals surface area contributed by atoms with Gasteiger partial charge >= 0.3 is 23.9 Å². The van der Waals surface area contributed by atoms with Crippen LogP contribution in [-0.2, 0) is 47.6 Å².